The SMILES string of the molecule is [2H]c1c(C(C)(C)C)c([2H])c(C(C)(C)C)c(O)c1C(C)(C)C. The maximum absolute atomic E-state index is 10.8. The number of benzene rings is 1. The summed E-state index contributed by atoms with van der Waals surface area (Å²) in [7, 11) is 0. The van der Waals surface area contributed by atoms with Gasteiger partial charge in [0.25, 0.3) is 0 Å². The molecule has 0 aliphatic rings. The minimum absolute atomic E-state index is 0.123. The zero-order valence-corrected chi connectivity index (χ0v) is 13.9. The average molecular weight is 264 g/mol. The summed E-state index contributed by atoms with van der Waals surface area (Å²) < 4.78 is 17.1. The van der Waals surface area contributed by atoms with Crippen LogP contribution in [0.15, 0.2) is 12.1 Å². The second kappa shape index (κ2) is 4.54. The molecule has 19 heavy (non-hydrogen) atoms. The molecule has 1 rings (SSSR count). The summed E-state index contributed by atoms with van der Waals surface area (Å²) in [5, 5.41) is 10.8. The van der Waals surface area contributed by atoms with Gasteiger partial charge in [-0.25, -0.2) is 0 Å². The predicted octanol–water partition coefficient (Wildman–Crippen LogP) is 5.28. The van der Waals surface area contributed by atoms with Crippen molar-refractivity contribution in [1.82, 2.24) is 0 Å². The van der Waals surface area contributed by atoms with E-state index in [4.69, 9.17) is 2.74 Å². The second-order valence-electron chi connectivity index (χ2n) is 8.47. The Morgan fingerprint density at radius 2 is 1.05 bits per heavy atom. The summed E-state index contributed by atoms with van der Waals surface area (Å²) in [5.74, 6) is 0.123. The Morgan fingerprint density at radius 3 is 1.26 bits per heavy atom. The number of aromatic hydroxyl groups is 1. The first-order chi connectivity index (χ1) is 9.10. The molecule has 1 heteroatoms. The quantitative estimate of drug-likeness (QED) is 0.675. The van der Waals surface area contributed by atoms with Crippen LogP contribution in [0, 0.1) is 0 Å². The molecule has 0 bridgehead atoms. The minimum Gasteiger partial charge on any atom is -0.507 e. The Bertz CT molecular complexity index is 451. The third-order valence-corrected chi connectivity index (χ3v) is 3.22. The Labute approximate surface area is 121 Å². The normalized spacial score (nSPS) is 15.2. The number of rotatable bonds is 0. The van der Waals surface area contributed by atoms with Crippen molar-refractivity contribution in [1.29, 1.82) is 0 Å². The molecule has 0 radical (unpaired) electrons. The van der Waals surface area contributed by atoms with Gasteiger partial charge in [-0.1, -0.05) is 74.4 Å². The molecule has 0 saturated heterocycles. The molecule has 0 atom stereocenters. The molecule has 0 aliphatic carbocycles. The highest BCUT2D eigenvalue weighted by molar-refractivity contribution is 5.51. The Balaban J connectivity index is 4.04. The summed E-state index contributed by atoms with van der Waals surface area (Å²) in [6.07, 6.45) is 0. The average Bonchev–Trinajstić information content (AvgIpc) is 2.07. The van der Waals surface area contributed by atoms with Crippen molar-refractivity contribution < 1.29 is 7.85 Å². The van der Waals surface area contributed by atoms with E-state index < -0.39 is 0 Å². The van der Waals surface area contributed by atoms with Crippen LogP contribution in [0.1, 0.15) is 81.7 Å². The van der Waals surface area contributed by atoms with E-state index in [1.807, 2.05) is 62.3 Å². The molecule has 1 N–H and O–H groups in total. The van der Waals surface area contributed by atoms with Crippen molar-refractivity contribution in [2.75, 3.05) is 0 Å². The molecule has 0 unspecified atom stereocenters. The van der Waals surface area contributed by atoms with Crippen LogP contribution in [0.5, 0.6) is 5.75 Å². The molecular weight excluding hydrogens is 232 g/mol. The summed E-state index contributed by atoms with van der Waals surface area (Å²) in [6.45, 7) is 18.1. The van der Waals surface area contributed by atoms with Crippen molar-refractivity contribution in [2.24, 2.45) is 0 Å². The van der Waals surface area contributed by atoms with Crippen LogP contribution in [0.4, 0.5) is 0 Å². The second-order valence-corrected chi connectivity index (χ2v) is 8.47. The lowest BCUT2D eigenvalue weighted by Crippen LogP contribution is -2.21. The molecule has 0 spiro atoms. The highest BCUT2D eigenvalue weighted by atomic mass is 16.3. The lowest BCUT2D eigenvalue weighted by molar-refractivity contribution is 0.421. The van der Waals surface area contributed by atoms with E-state index in [-0.39, 0.29) is 22.0 Å². The smallest absolute Gasteiger partial charge is 0.123 e. The first-order valence-corrected chi connectivity index (χ1v) is 6.97. The third-order valence-electron chi connectivity index (χ3n) is 3.22. The minimum atomic E-state index is -0.338. The number of phenols is 1. The fourth-order valence-electron chi connectivity index (χ4n) is 1.99. The Hall–Kier alpha value is -0.980. The molecule has 1 nitrogen and oxygen atoms in total. The Kier molecular flexibility index (Phi) is 3.11. The van der Waals surface area contributed by atoms with Gasteiger partial charge in [-0.3, -0.25) is 0 Å². The van der Waals surface area contributed by atoms with Crippen molar-refractivity contribution in [3.8, 4) is 5.75 Å². The molecule has 1 aromatic rings. The maximum atomic E-state index is 10.8. The lowest BCUT2D eigenvalue weighted by atomic mass is 9.75. The zero-order valence-electron chi connectivity index (χ0n) is 15.9. The molecule has 108 valence electrons. The van der Waals surface area contributed by atoms with Crippen molar-refractivity contribution in [3.63, 3.8) is 0 Å². The van der Waals surface area contributed by atoms with Gasteiger partial charge < -0.3 is 5.11 Å². The molecule has 1 aromatic carbocycles. The van der Waals surface area contributed by atoms with Crippen LogP contribution in [-0.2, 0) is 16.2 Å². The van der Waals surface area contributed by atoms with E-state index in [9.17, 15) is 5.11 Å². The number of hydrogen-bond acceptors (Lipinski definition) is 1. The standard InChI is InChI=1S/C18H30O/c1-16(2,3)12-10-13(17(4,5)6)15(19)14(11-12)18(7,8)9/h10-11,19H,1-9H3/i10D,11D. The van der Waals surface area contributed by atoms with Gasteiger partial charge in [-0.05, 0) is 32.9 Å². The summed E-state index contributed by atoms with van der Waals surface area (Å²) in [6, 6.07) is 0.621. The third kappa shape index (κ3) is 3.52. The van der Waals surface area contributed by atoms with Gasteiger partial charge >= 0.3 is 0 Å². The topological polar surface area (TPSA) is 20.2 Å². The highest BCUT2D eigenvalue weighted by Crippen LogP contribution is 2.41. The monoisotopic (exact) mass is 264 g/mol. The van der Waals surface area contributed by atoms with Gasteiger partial charge in [0, 0.05) is 0 Å². The van der Waals surface area contributed by atoms with Gasteiger partial charge in [-0.15, -0.1) is 0 Å². The van der Waals surface area contributed by atoms with E-state index in [1.54, 1.807) is 0 Å². The van der Waals surface area contributed by atoms with E-state index in [0.29, 0.717) is 23.2 Å². The molecule has 0 heterocycles. The maximum Gasteiger partial charge on any atom is 0.123 e. The summed E-state index contributed by atoms with van der Waals surface area (Å²) in [4.78, 5) is 0. The van der Waals surface area contributed by atoms with E-state index in [0.717, 1.165) is 5.56 Å². The van der Waals surface area contributed by atoms with Gasteiger partial charge in [0.15, 0.2) is 0 Å². The van der Waals surface area contributed by atoms with Crippen molar-refractivity contribution in [3.05, 3.63) is 28.8 Å². The summed E-state index contributed by atoms with van der Waals surface area (Å²) >= 11 is 0. The van der Waals surface area contributed by atoms with Crippen LogP contribution >= 0.6 is 0 Å². The predicted molar refractivity (Wildman–Crippen MR) is 84.2 cm³/mol. The fraction of sp³-hybridized carbons (Fsp3) is 0.667. The molecule has 0 aromatic heterocycles. The van der Waals surface area contributed by atoms with Crippen LogP contribution < -0.4 is 0 Å². The number of phenolic OH excluding ortho intramolecular Hbond substituents is 1. The van der Waals surface area contributed by atoms with Crippen LogP contribution in [0.3, 0.4) is 0 Å². The van der Waals surface area contributed by atoms with Gasteiger partial charge in [0.2, 0.25) is 0 Å². The molecule has 0 saturated carbocycles. The molecule has 0 aliphatic heterocycles. The first-order valence-electron chi connectivity index (χ1n) is 7.97. The van der Waals surface area contributed by atoms with Crippen LogP contribution in [0.2, 0.25) is 0 Å². The van der Waals surface area contributed by atoms with Crippen LogP contribution in [0.25, 0.3) is 0 Å². The van der Waals surface area contributed by atoms with Gasteiger partial charge in [0.1, 0.15) is 5.75 Å². The van der Waals surface area contributed by atoms with Crippen molar-refractivity contribution >= 4 is 0 Å². The first kappa shape index (κ1) is 13.0. The lowest BCUT2D eigenvalue weighted by Gasteiger charge is -2.31. The van der Waals surface area contributed by atoms with E-state index in [1.165, 1.54) is 0 Å². The zero-order chi connectivity index (χ0) is 17.0. The van der Waals surface area contributed by atoms with Gasteiger partial charge in [-0.2, -0.15) is 0 Å². The van der Waals surface area contributed by atoms with Gasteiger partial charge in [0.05, 0.1) is 2.74 Å². The largest absolute Gasteiger partial charge is 0.507 e. The van der Waals surface area contributed by atoms with E-state index in [2.05, 4.69) is 0 Å². The van der Waals surface area contributed by atoms with Crippen LogP contribution in [-0.4, -0.2) is 5.11 Å². The van der Waals surface area contributed by atoms with E-state index >= 15 is 0 Å². The Morgan fingerprint density at radius 1 is 0.737 bits per heavy atom. The van der Waals surface area contributed by atoms with Crippen molar-refractivity contribution in [2.45, 2.75) is 78.6 Å². The summed E-state index contributed by atoms with van der Waals surface area (Å²) in [5.41, 5.74) is 1.03. The fourth-order valence-corrected chi connectivity index (χ4v) is 1.99. The number of hydrogen-bond donors (Lipinski definition) is 1. The highest BCUT2D eigenvalue weighted by Gasteiger charge is 2.28. The molecular formula is C18H30O. The molecule has 0 fully saturated rings. The molecule has 0 amide bonds.